The molecule has 46 heavy (non-hydrogen) atoms. The number of carbonyl (C=O) groups excluding carboxylic acids is 1. The van der Waals surface area contributed by atoms with Crippen molar-refractivity contribution in [3.63, 3.8) is 0 Å². The van der Waals surface area contributed by atoms with E-state index in [0.717, 1.165) is 33.5 Å². The summed E-state index contributed by atoms with van der Waals surface area (Å²) < 4.78 is 102. The first-order valence-corrected chi connectivity index (χ1v) is 17.9. The van der Waals surface area contributed by atoms with Crippen molar-refractivity contribution in [2.75, 3.05) is 33.8 Å². The second-order valence-corrected chi connectivity index (χ2v) is 14.3. The number of halogens is 4. The molecule has 0 saturated heterocycles. The number of para-hydroxylation sites is 2. The molecule has 0 unspecified atom stereocenters. The van der Waals surface area contributed by atoms with E-state index in [1.165, 1.54) is 42.1 Å². The molecule has 0 aliphatic carbocycles. The van der Waals surface area contributed by atoms with Gasteiger partial charge in [-0.2, -0.15) is 13.2 Å². The van der Waals surface area contributed by atoms with Gasteiger partial charge >= 0.3 is 6.18 Å². The number of sulfonamides is 2. The van der Waals surface area contributed by atoms with Gasteiger partial charge in [0.25, 0.3) is 20.0 Å². The van der Waals surface area contributed by atoms with E-state index >= 15 is 0 Å². The standard InChI is InChI=1S/C30H27ClF3N3O6S3/c1-3-43-28-7-5-4-6-27(28)37(46(41,42)24-15-11-22(44-2)12-16-24)19-29(38)35-20-8-13-23(14-9-20)45(39,40)36-21-10-17-26(31)25(18-21)30(32,33)34/h4-18,36H,3,19H2,1-2H3,(H,35,38). The number of hydrogen-bond acceptors (Lipinski definition) is 7. The summed E-state index contributed by atoms with van der Waals surface area (Å²) in [4.78, 5) is 13.7. The number of nitrogens with one attached hydrogen (secondary N) is 2. The molecule has 4 aromatic rings. The largest absolute Gasteiger partial charge is 0.492 e. The average molecular weight is 714 g/mol. The number of thioether (sulfide) groups is 1. The highest BCUT2D eigenvalue weighted by Crippen LogP contribution is 2.37. The number of amides is 1. The highest BCUT2D eigenvalue weighted by Gasteiger charge is 2.34. The minimum absolute atomic E-state index is 0.0468. The van der Waals surface area contributed by atoms with E-state index in [4.69, 9.17) is 16.3 Å². The Kier molecular flexibility index (Phi) is 10.8. The molecule has 0 heterocycles. The topological polar surface area (TPSA) is 122 Å². The lowest BCUT2D eigenvalue weighted by molar-refractivity contribution is -0.137. The minimum atomic E-state index is -4.79. The molecule has 16 heteroatoms. The molecule has 4 aromatic carbocycles. The maximum absolute atomic E-state index is 13.8. The van der Waals surface area contributed by atoms with Crippen LogP contribution < -0.4 is 19.1 Å². The molecule has 0 aliphatic rings. The van der Waals surface area contributed by atoms with Crippen LogP contribution in [0, 0.1) is 0 Å². The number of hydrogen-bond donors (Lipinski definition) is 2. The van der Waals surface area contributed by atoms with Gasteiger partial charge in [-0.25, -0.2) is 16.8 Å². The number of alkyl halides is 3. The van der Waals surface area contributed by atoms with Gasteiger partial charge in [0.1, 0.15) is 12.3 Å². The molecular formula is C30H27ClF3N3O6S3. The number of ether oxygens (including phenoxy) is 1. The Labute approximate surface area is 273 Å². The molecule has 0 atom stereocenters. The lowest BCUT2D eigenvalue weighted by atomic mass is 10.2. The van der Waals surface area contributed by atoms with Crippen LogP contribution in [0.25, 0.3) is 0 Å². The van der Waals surface area contributed by atoms with Crippen LogP contribution in [0.3, 0.4) is 0 Å². The maximum Gasteiger partial charge on any atom is 0.417 e. The van der Waals surface area contributed by atoms with Gasteiger partial charge in [-0.3, -0.25) is 13.8 Å². The van der Waals surface area contributed by atoms with Crippen molar-refractivity contribution < 1.29 is 39.5 Å². The van der Waals surface area contributed by atoms with Crippen molar-refractivity contribution in [1.82, 2.24) is 0 Å². The van der Waals surface area contributed by atoms with Crippen LogP contribution in [-0.4, -0.2) is 42.2 Å². The summed E-state index contributed by atoms with van der Waals surface area (Å²) in [6, 6.07) is 19.9. The summed E-state index contributed by atoms with van der Waals surface area (Å²) >= 11 is 7.05. The van der Waals surface area contributed by atoms with Crippen molar-refractivity contribution in [3.05, 3.63) is 102 Å². The van der Waals surface area contributed by atoms with Gasteiger partial charge in [0.05, 0.1) is 32.7 Å². The lowest BCUT2D eigenvalue weighted by Gasteiger charge is -2.26. The molecular weight excluding hydrogens is 687 g/mol. The zero-order valence-electron chi connectivity index (χ0n) is 24.2. The predicted molar refractivity (Wildman–Crippen MR) is 173 cm³/mol. The first-order valence-electron chi connectivity index (χ1n) is 13.3. The Morgan fingerprint density at radius 1 is 0.891 bits per heavy atom. The number of rotatable bonds is 12. The molecule has 0 fully saturated rings. The van der Waals surface area contributed by atoms with Crippen LogP contribution in [0.15, 0.2) is 106 Å². The first kappa shape index (κ1) is 34.9. The minimum Gasteiger partial charge on any atom is -0.492 e. The van der Waals surface area contributed by atoms with Gasteiger partial charge in [-0.15, -0.1) is 11.8 Å². The normalized spacial score (nSPS) is 12.0. The molecule has 244 valence electrons. The first-order chi connectivity index (χ1) is 21.7. The summed E-state index contributed by atoms with van der Waals surface area (Å²) in [6.45, 7) is 1.32. The van der Waals surface area contributed by atoms with Crippen LogP contribution in [0.2, 0.25) is 5.02 Å². The number of benzene rings is 4. The number of carbonyl (C=O) groups is 1. The molecule has 2 N–H and O–H groups in total. The van der Waals surface area contributed by atoms with Gasteiger partial charge in [0, 0.05) is 16.3 Å². The van der Waals surface area contributed by atoms with Crippen molar-refractivity contribution in [2.24, 2.45) is 0 Å². The van der Waals surface area contributed by atoms with Gasteiger partial charge in [0.15, 0.2) is 0 Å². The second kappa shape index (κ2) is 14.2. The SMILES string of the molecule is CCOc1ccccc1N(CC(=O)Nc1ccc(S(=O)(=O)Nc2ccc(Cl)c(C(F)(F)F)c2)cc1)S(=O)(=O)c1ccc(SC)cc1. The molecule has 0 bridgehead atoms. The Morgan fingerprint density at radius 3 is 2.11 bits per heavy atom. The summed E-state index contributed by atoms with van der Waals surface area (Å²) in [5.74, 6) is -0.502. The third kappa shape index (κ3) is 8.26. The second-order valence-electron chi connectivity index (χ2n) is 9.46. The smallest absolute Gasteiger partial charge is 0.417 e. The molecule has 0 aromatic heterocycles. The van der Waals surface area contributed by atoms with Crippen molar-refractivity contribution in [2.45, 2.75) is 27.8 Å². The predicted octanol–water partition coefficient (Wildman–Crippen LogP) is 7.11. The average Bonchev–Trinajstić information content (AvgIpc) is 3.01. The van der Waals surface area contributed by atoms with Gasteiger partial charge in [-0.1, -0.05) is 23.7 Å². The fraction of sp³-hybridized carbons (Fsp3) is 0.167. The van der Waals surface area contributed by atoms with Crippen LogP contribution in [-0.2, 0) is 31.0 Å². The Bertz CT molecular complexity index is 1920. The third-order valence-corrected chi connectivity index (χ3v) is 10.6. The fourth-order valence-corrected chi connectivity index (χ4v) is 7.30. The number of nitrogens with zero attached hydrogens (tertiary/aromatic N) is 1. The van der Waals surface area contributed by atoms with Crippen molar-refractivity contribution in [1.29, 1.82) is 0 Å². The van der Waals surface area contributed by atoms with Crippen molar-refractivity contribution in [3.8, 4) is 5.75 Å². The maximum atomic E-state index is 13.8. The Morgan fingerprint density at radius 2 is 1.50 bits per heavy atom. The molecule has 1 amide bonds. The van der Waals surface area contributed by atoms with E-state index in [1.807, 2.05) is 6.26 Å². The quantitative estimate of drug-likeness (QED) is 0.150. The van der Waals surface area contributed by atoms with Crippen LogP contribution in [0.4, 0.5) is 30.2 Å². The van der Waals surface area contributed by atoms with E-state index in [1.54, 1.807) is 37.3 Å². The molecule has 0 saturated carbocycles. The summed E-state index contributed by atoms with van der Waals surface area (Å²) in [5.41, 5.74) is -1.29. The van der Waals surface area contributed by atoms with E-state index in [2.05, 4.69) is 10.0 Å². The van der Waals surface area contributed by atoms with E-state index in [-0.39, 0.29) is 39.2 Å². The zero-order chi connectivity index (χ0) is 33.7. The van der Waals surface area contributed by atoms with Crippen molar-refractivity contribution >= 4 is 66.4 Å². The van der Waals surface area contributed by atoms with Gasteiger partial charge in [-0.05, 0) is 92.0 Å². The third-order valence-electron chi connectivity index (χ3n) is 6.34. The Hall–Kier alpha value is -3.92. The summed E-state index contributed by atoms with van der Waals surface area (Å²) in [5, 5.41) is 1.96. The number of anilines is 3. The molecule has 0 aliphatic heterocycles. The highest BCUT2D eigenvalue weighted by molar-refractivity contribution is 7.98. The Balaban J connectivity index is 1.56. The summed E-state index contributed by atoms with van der Waals surface area (Å²) in [6.07, 6.45) is -2.94. The van der Waals surface area contributed by atoms with Crippen LogP contribution in [0.5, 0.6) is 5.75 Å². The molecule has 4 rings (SSSR count). The van der Waals surface area contributed by atoms with E-state index in [0.29, 0.717) is 6.07 Å². The molecule has 9 nitrogen and oxygen atoms in total. The monoisotopic (exact) mass is 713 g/mol. The van der Waals surface area contributed by atoms with Crippen LogP contribution in [0.1, 0.15) is 12.5 Å². The van der Waals surface area contributed by atoms with E-state index in [9.17, 15) is 34.8 Å². The van der Waals surface area contributed by atoms with E-state index < -0.39 is 49.3 Å². The molecule has 0 spiro atoms. The summed E-state index contributed by atoms with van der Waals surface area (Å²) in [7, 11) is -8.59. The van der Waals surface area contributed by atoms with Gasteiger partial charge in [0.2, 0.25) is 5.91 Å². The zero-order valence-corrected chi connectivity index (χ0v) is 27.4. The molecule has 0 radical (unpaired) electrons. The van der Waals surface area contributed by atoms with Gasteiger partial charge < -0.3 is 10.1 Å². The highest BCUT2D eigenvalue weighted by atomic mass is 35.5. The van der Waals surface area contributed by atoms with Crippen LogP contribution >= 0.6 is 23.4 Å². The fourth-order valence-electron chi connectivity index (χ4n) is 4.18. The lowest BCUT2D eigenvalue weighted by Crippen LogP contribution is -2.38.